The van der Waals surface area contributed by atoms with E-state index in [0.29, 0.717) is 6.67 Å². The van der Waals surface area contributed by atoms with E-state index in [4.69, 9.17) is 4.98 Å². The highest BCUT2D eigenvalue weighted by Crippen LogP contribution is 2.28. The Balaban J connectivity index is 1.67. The van der Waals surface area contributed by atoms with Crippen LogP contribution in [0.5, 0.6) is 0 Å². The molecule has 0 atom stereocenters. The van der Waals surface area contributed by atoms with Gasteiger partial charge in [-0.2, -0.15) is 0 Å². The molecule has 1 aliphatic heterocycles. The molecule has 4 rings (SSSR count). The van der Waals surface area contributed by atoms with Crippen LogP contribution < -0.4 is 10.5 Å². The van der Waals surface area contributed by atoms with Crippen LogP contribution >= 0.6 is 0 Å². The van der Waals surface area contributed by atoms with E-state index < -0.39 is 0 Å². The zero-order chi connectivity index (χ0) is 19.5. The molecule has 5 nitrogen and oxygen atoms in total. The maximum Gasteiger partial charge on any atom is 0.259 e. The van der Waals surface area contributed by atoms with Gasteiger partial charge in [0.05, 0.1) is 13.3 Å². The molecular weight excluding hydrogens is 348 g/mol. The lowest BCUT2D eigenvalue weighted by Crippen LogP contribution is -2.48. The molecule has 5 heteroatoms. The largest absolute Gasteiger partial charge is 0.298 e. The highest BCUT2D eigenvalue weighted by atomic mass is 16.1. The Labute approximate surface area is 167 Å². The van der Waals surface area contributed by atoms with Gasteiger partial charge in [0.1, 0.15) is 0 Å². The lowest BCUT2D eigenvalue weighted by molar-refractivity contribution is 0.199. The first-order valence-electron chi connectivity index (χ1n) is 10.5. The maximum atomic E-state index is 13.2. The van der Waals surface area contributed by atoms with E-state index in [1.165, 1.54) is 25.7 Å². The number of anilines is 2. The van der Waals surface area contributed by atoms with Gasteiger partial charge in [-0.05, 0) is 57.6 Å². The highest BCUT2D eigenvalue weighted by Gasteiger charge is 2.27. The number of aromatic nitrogens is 2. The van der Waals surface area contributed by atoms with Gasteiger partial charge in [-0.25, -0.2) is 4.98 Å². The second-order valence-electron chi connectivity index (χ2n) is 7.86. The standard InChI is InChI=1S/C23H30N4O/c1-3-21-18(2)24-23-26(20-12-8-5-9-13-20)16-25(17-27(23)22(21)28)15-14-19-10-6-4-7-11-19/h5,8-10,12-13H,3-4,6-7,11,14-17H2,1-2H3. The van der Waals surface area contributed by atoms with Gasteiger partial charge in [-0.3, -0.25) is 19.2 Å². The SMILES string of the molecule is CCc1c(C)nc2n(c1=O)CN(CCC1=CCCCC1)CN2c1ccccc1. The van der Waals surface area contributed by atoms with Crippen LogP contribution in [0, 0.1) is 6.92 Å². The fourth-order valence-corrected chi connectivity index (χ4v) is 4.31. The van der Waals surface area contributed by atoms with Crippen LogP contribution in [0.25, 0.3) is 0 Å². The smallest absolute Gasteiger partial charge is 0.259 e. The molecule has 0 amide bonds. The van der Waals surface area contributed by atoms with Crippen LogP contribution in [0.15, 0.2) is 46.8 Å². The number of aryl methyl sites for hydroxylation is 1. The summed E-state index contributed by atoms with van der Waals surface area (Å²) in [6, 6.07) is 10.3. The lowest BCUT2D eigenvalue weighted by Gasteiger charge is -2.38. The number of rotatable bonds is 5. The van der Waals surface area contributed by atoms with Crippen molar-refractivity contribution in [2.75, 3.05) is 18.1 Å². The summed E-state index contributed by atoms with van der Waals surface area (Å²) in [4.78, 5) is 22.5. The van der Waals surface area contributed by atoms with Gasteiger partial charge in [-0.1, -0.05) is 36.8 Å². The first kappa shape index (κ1) is 18.9. The second-order valence-corrected chi connectivity index (χ2v) is 7.86. The molecule has 0 saturated carbocycles. The van der Waals surface area contributed by atoms with Gasteiger partial charge < -0.3 is 0 Å². The monoisotopic (exact) mass is 378 g/mol. The second kappa shape index (κ2) is 8.31. The van der Waals surface area contributed by atoms with E-state index in [0.717, 1.165) is 48.9 Å². The van der Waals surface area contributed by atoms with E-state index in [-0.39, 0.29) is 5.56 Å². The molecule has 0 N–H and O–H groups in total. The van der Waals surface area contributed by atoms with Crippen molar-refractivity contribution >= 4 is 11.6 Å². The molecule has 0 spiro atoms. The average molecular weight is 379 g/mol. The topological polar surface area (TPSA) is 41.4 Å². The summed E-state index contributed by atoms with van der Waals surface area (Å²) in [6.07, 6.45) is 9.31. The van der Waals surface area contributed by atoms with Gasteiger partial charge in [-0.15, -0.1) is 0 Å². The Morgan fingerprint density at radius 1 is 1.11 bits per heavy atom. The van der Waals surface area contributed by atoms with Crippen molar-refractivity contribution in [2.45, 2.75) is 59.0 Å². The van der Waals surface area contributed by atoms with Crippen molar-refractivity contribution < 1.29 is 0 Å². The molecule has 1 aliphatic carbocycles. The van der Waals surface area contributed by atoms with Crippen LogP contribution in [0.1, 0.15) is 50.3 Å². The summed E-state index contributed by atoms with van der Waals surface area (Å²) in [7, 11) is 0. The van der Waals surface area contributed by atoms with E-state index in [2.05, 4.69) is 28.0 Å². The Bertz CT molecular complexity index is 916. The Hall–Kier alpha value is -2.40. The minimum atomic E-state index is 0.104. The van der Waals surface area contributed by atoms with Gasteiger partial charge in [0.2, 0.25) is 5.95 Å². The van der Waals surface area contributed by atoms with Gasteiger partial charge in [0.15, 0.2) is 0 Å². The van der Waals surface area contributed by atoms with Crippen molar-refractivity contribution in [3.63, 3.8) is 0 Å². The molecule has 0 unspecified atom stereocenters. The van der Waals surface area contributed by atoms with Crippen molar-refractivity contribution in [3.05, 3.63) is 63.6 Å². The summed E-state index contributed by atoms with van der Waals surface area (Å²) in [6.45, 7) is 6.33. The molecule has 148 valence electrons. The first-order chi connectivity index (χ1) is 13.7. The van der Waals surface area contributed by atoms with Crippen LogP contribution in [-0.4, -0.2) is 27.7 Å². The fourth-order valence-electron chi connectivity index (χ4n) is 4.31. The van der Waals surface area contributed by atoms with Crippen LogP contribution in [0.3, 0.4) is 0 Å². The summed E-state index contributed by atoms with van der Waals surface area (Å²) in [5.41, 5.74) is 4.43. The van der Waals surface area contributed by atoms with E-state index in [1.807, 2.05) is 36.6 Å². The molecule has 28 heavy (non-hydrogen) atoms. The van der Waals surface area contributed by atoms with Crippen LogP contribution in [-0.2, 0) is 13.1 Å². The van der Waals surface area contributed by atoms with Crippen molar-refractivity contribution in [3.8, 4) is 0 Å². The number of allylic oxidation sites excluding steroid dienone is 1. The molecule has 1 aromatic heterocycles. The maximum absolute atomic E-state index is 13.2. The molecule has 0 radical (unpaired) electrons. The van der Waals surface area contributed by atoms with Crippen LogP contribution in [0.4, 0.5) is 11.6 Å². The molecule has 0 bridgehead atoms. The molecule has 2 heterocycles. The summed E-state index contributed by atoms with van der Waals surface area (Å²) in [5.74, 6) is 0.763. The summed E-state index contributed by atoms with van der Waals surface area (Å²) >= 11 is 0. The van der Waals surface area contributed by atoms with Crippen molar-refractivity contribution in [1.82, 2.24) is 14.5 Å². The summed E-state index contributed by atoms with van der Waals surface area (Å²) in [5, 5.41) is 0. The Kier molecular flexibility index (Phi) is 5.62. The quantitative estimate of drug-likeness (QED) is 0.725. The van der Waals surface area contributed by atoms with E-state index >= 15 is 0 Å². The Morgan fingerprint density at radius 3 is 2.64 bits per heavy atom. The zero-order valence-corrected chi connectivity index (χ0v) is 17.0. The number of fused-ring (bicyclic) bond motifs is 1. The lowest BCUT2D eigenvalue weighted by atomic mass is 9.97. The molecule has 0 saturated heterocycles. The minimum Gasteiger partial charge on any atom is -0.298 e. The molecule has 1 aromatic carbocycles. The third-order valence-corrected chi connectivity index (χ3v) is 5.93. The van der Waals surface area contributed by atoms with Crippen molar-refractivity contribution in [1.29, 1.82) is 0 Å². The Morgan fingerprint density at radius 2 is 1.93 bits per heavy atom. The normalized spacial score (nSPS) is 17.4. The first-order valence-corrected chi connectivity index (χ1v) is 10.5. The number of hydrogen-bond donors (Lipinski definition) is 0. The van der Waals surface area contributed by atoms with Gasteiger partial charge in [0, 0.05) is 23.5 Å². The average Bonchev–Trinajstić information content (AvgIpc) is 2.74. The number of nitrogens with zero attached hydrogens (tertiary/aromatic N) is 4. The van der Waals surface area contributed by atoms with Crippen molar-refractivity contribution in [2.24, 2.45) is 0 Å². The molecule has 0 fully saturated rings. The molecule has 2 aromatic rings. The third kappa shape index (κ3) is 3.76. The minimum absolute atomic E-state index is 0.104. The van der Waals surface area contributed by atoms with Gasteiger partial charge in [0.25, 0.3) is 5.56 Å². The fraction of sp³-hybridized carbons (Fsp3) is 0.478. The van der Waals surface area contributed by atoms with E-state index in [1.54, 1.807) is 5.57 Å². The van der Waals surface area contributed by atoms with Gasteiger partial charge >= 0.3 is 0 Å². The van der Waals surface area contributed by atoms with Crippen LogP contribution in [0.2, 0.25) is 0 Å². The number of benzene rings is 1. The number of para-hydroxylation sites is 1. The molecular formula is C23H30N4O. The number of hydrogen-bond acceptors (Lipinski definition) is 4. The van der Waals surface area contributed by atoms with E-state index in [9.17, 15) is 4.79 Å². The molecule has 2 aliphatic rings. The summed E-state index contributed by atoms with van der Waals surface area (Å²) < 4.78 is 1.86. The predicted octanol–water partition coefficient (Wildman–Crippen LogP) is 4.37. The highest BCUT2D eigenvalue weighted by molar-refractivity contribution is 5.58. The zero-order valence-electron chi connectivity index (χ0n) is 17.0. The third-order valence-electron chi connectivity index (χ3n) is 5.93. The predicted molar refractivity (Wildman–Crippen MR) is 114 cm³/mol.